The van der Waals surface area contributed by atoms with E-state index in [0.717, 1.165) is 36.2 Å². The molecule has 0 fully saturated rings. The van der Waals surface area contributed by atoms with E-state index in [4.69, 9.17) is 5.73 Å². The summed E-state index contributed by atoms with van der Waals surface area (Å²) < 4.78 is 16.2. The van der Waals surface area contributed by atoms with Gasteiger partial charge >= 0.3 is 0 Å². The van der Waals surface area contributed by atoms with Crippen LogP contribution in [0.3, 0.4) is 0 Å². The fourth-order valence-corrected chi connectivity index (χ4v) is 2.48. The van der Waals surface area contributed by atoms with Crippen LogP contribution in [0.4, 0.5) is 4.39 Å². The van der Waals surface area contributed by atoms with Gasteiger partial charge in [0.05, 0.1) is 5.69 Å². The summed E-state index contributed by atoms with van der Waals surface area (Å²) in [6.07, 6.45) is 3.20. The van der Waals surface area contributed by atoms with Crippen LogP contribution in [0.15, 0.2) is 24.3 Å². The maximum Gasteiger partial charge on any atom is 0.149 e. The third-order valence-electron chi connectivity index (χ3n) is 3.85. The standard InChI is InChI=1S/C17H24FN3/c1-4-13(19)10-12-8-7-9-16(18)17(12)21-15(6-3)11-14(5-2)20-21/h7-9,11,13H,4-6,10,19H2,1-3H3. The van der Waals surface area contributed by atoms with E-state index in [2.05, 4.69) is 25.0 Å². The second-order valence-electron chi connectivity index (χ2n) is 5.37. The summed E-state index contributed by atoms with van der Waals surface area (Å²) in [5.74, 6) is -0.240. The Labute approximate surface area is 126 Å². The van der Waals surface area contributed by atoms with Crippen molar-refractivity contribution < 1.29 is 4.39 Å². The minimum atomic E-state index is -0.240. The number of nitrogens with zero attached hydrogens (tertiary/aromatic N) is 2. The highest BCUT2D eigenvalue weighted by Gasteiger charge is 2.16. The number of nitrogens with two attached hydrogens (primary N) is 1. The molecular formula is C17H24FN3. The molecule has 0 aliphatic rings. The number of para-hydroxylation sites is 1. The second kappa shape index (κ2) is 6.85. The lowest BCUT2D eigenvalue weighted by Gasteiger charge is -2.15. The Balaban J connectivity index is 2.54. The molecule has 0 bridgehead atoms. The zero-order valence-electron chi connectivity index (χ0n) is 13.1. The van der Waals surface area contributed by atoms with Gasteiger partial charge in [0.15, 0.2) is 0 Å². The minimum Gasteiger partial charge on any atom is -0.327 e. The van der Waals surface area contributed by atoms with Crippen LogP contribution in [0.25, 0.3) is 5.69 Å². The van der Waals surface area contributed by atoms with Gasteiger partial charge in [-0.05, 0) is 43.4 Å². The molecule has 0 aliphatic heterocycles. The number of aromatic nitrogens is 2. The molecule has 21 heavy (non-hydrogen) atoms. The molecule has 2 aromatic rings. The average Bonchev–Trinajstić information content (AvgIpc) is 2.90. The molecule has 0 aliphatic carbocycles. The Hall–Kier alpha value is -1.68. The maximum absolute atomic E-state index is 14.4. The molecule has 2 rings (SSSR count). The second-order valence-corrected chi connectivity index (χ2v) is 5.37. The number of aryl methyl sites for hydroxylation is 2. The Morgan fingerprint density at radius 3 is 2.62 bits per heavy atom. The van der Waals surface area contributed by atoms with Crippen molar-refractivity contribution in [1.82, 2.24) is 9.78 Å². The van der Waals surface area contributed by atoms with Gasteiger partial charge in [0, 0.05) is 11.7 Å². The molecule has 1 unspecified atom stereocenters. The third-order valence-corrected chi connectivity index (χ3v) is 3.85. The first-order valence-corrected chi connectivity index (χ1v) is 7.71. The Kier molecular flexibility index (Phi) is 5.12. The zero-order chi connectivity index (χ0) is 15.4. The molecule has 114 valence electrons. The van der Waals surface area contributed by atoms with Crippen LogP contribution in [0.1, 0.15) is 44.1 Å². The van der Waals surface area contributed by atoms with Crippen molar-refractivity contribution in [2.24, 2.45) is 5.73 Å². The zero-order valence-corrected chi connectivity index (χ0v) is 13.1. The molecule has 4 heteroatoms. The van der Waals surface area contributed by atoms with Crippen molar-refractivity contribution in [2.75, 3.05) is 0 Å². The minimum absolute atomic E-state index is 0.0387. The first-order valence-electron chi connectivity index (χ1n) is 7.71. The van der Waals surface area contributed by atoms with Gasteiger partial charge in [0.1, 0.15) is 11.5 Å². The van der Waals surface area contributed by atoms with E-state index in [9.17, 15) is 4.39 Å². The van der Waals surface area contributed by atoms with Crippen molar-refractivity contribution in [3.8, 4) is 5.69 Å². The highest BCUT2D eigenvalue weighted by atomic mass is 19.1. The maximum atomic E-state index is 14.4. The summed E-state index contributed by atoms with van der Waals surface area (Å²) in [5.41, 5.74) is 9.54. The van der Waals surface area contributed by atoms with Gasteiger partial charge in [0.25, 0.3) is 0 Å². The van der Waals surface area contributed by atoms with Crippen LogP contribution in [-0.4, -0.2) is 15.8 Å². The molecule has 0 amide bonds. The molecule has 1 heterocycles. The SMILES string of the molecule is CCc1cc(CC)n(-c2c(F)cccc2CC(N)CC)n1. The van der Waals surface area contributed by atoms with Crippen molar-refractivity contribution in [3.63, 3.8) is 0 Å². The van der Waals surface area contributed by atoms with Crippen molar-refractivity contribution in [3.05, 3.63) is 47.0 Å². The normalized spacial score (nSPS) is 12.6. The van der Waals surface area contributed by atoms with Gasteiger partial charge < -0.3 is 5.73 Å². The largest absolute Gasteiger partial charge is 0.327 e. The number of benzene rings is 1. The lowest BCUT2D eigenvalue weighted by molar-refractivity contribution is 0.591. The summed E-state index contributed by atoms with van der Waals surface area (Å²) in [7, 11) is 0. The Morgan fingerprint density at radius 2 is 2.00 bits per heavy atom. The van der Waals surface area contributed by atoms with Crippen LogP contribution in [0.5, 0.6) is 0 Å². The third kappa shape index (κ3) is 3.32. The van der Waals surface area contributed by atoms with Gasteiger partial charge in [-0.15, -0.1) is 0 Å². The predicted octanol–water partition coefficient (Wildman–Crippen LogP) is 3.42. The highest BCUT2D eigenvalue weighted by Crippen LogP contribution is 2.23. The Morgan fingerprint density at radius 1 is 1.24 bits per heavy atom. The van der Waals surface area contributed by atoms with Crippen LogP contribution in [-0.2, 0) is 19.3 Å². The number of rotatable bonds is 6. The fourth-order valence-electron chi connectivity index (χ4n) is 2.48. The van der Waals surface area contributed by atoms with Crippen LogP contribution in [0.2, 0.25) is 0 Å². The number of hydrogen-bond donors (Lipinski definition) is 1. The van der Waals surface area contributed by atoms with Crippen molar-refractivity contribution in [2.45, 2.75) is 52.5 Å². The van der Waals surface area contributed by atoms with Crippen LogP contribution >= 0.6 is 0 Å². The van der Waals surface area contributed by atoms with Gasteiger partial charge in [-0.3, -0.25) is 0 Å². The summed E-state index contributed by atoms with van der Waals surface area (Å²) in [6, 6.07) is 7.27. The predicted molar refractivity (Wildman–Crippen MR) is 84.2 cm³/mol. The summed E-state index contributed by atoms with van der Waals surface area (Å²) >= 11 is 0. The molecule has 0 spiro atoms. The smallest absolute Gasteiger partial charge is 0.149 e. The van der Waals surface area contributed by atoms with E-state index in [1.54, 1.807) is 10.7 Å². The van der Waals surface area contributed by atoms with Gasteiger partial charge in [-0.1, -0.05) is 32.9 Å². The summed E-state index contributed by atoms with van der Waals surface area (Å²) in [5, 5.41) is 4.56. The topological polar surface area (TPSA) is 43.8 Å². The van der Waals surface area contributed by atoms with Crippen LogP contribution < -0.4 is 5.73 Å². The first kappa shape index (κ1) is 15.7. The van der Waals surface area contributed by atoms with Gasteiger partial charge in [0.2, 0.25) is 0 Å². The fraction of sp³-hybridized carbons (Fsp3) is 0.471. The van der Waals surface area contributed by atoms with E-state index >= 15 is 0 Å². The quantitative estimate of drug-likeness (QED) is 0.885. The molecule has 1 atom stereocenters. The first-order chi connectivity index (χ1) is 10.1. The lowest BCUT2D eigenvalue weighted by Crippen LogP contribution is -2.23. The molecule has 0 saturated carbocycles. The average molecular weight is 289 g/mol. The molecular weight excluding hydrogens is 265 g/mol. The van der Waals surface area contributed by atoms with Gasteiger partial charge in [-0.2, -0.15) is 5.10 Å². The monoisotopic (exact) mass is 289 g/mol. The van der Waals surface area contributed by atoms with Gasteiger partial charge in [-0.25, -0.2) is 9.07 Å². The van der Waals surface area contributed by atoms with Crippen molar-refractivity contribution in [1.29, 1.82) is 0 Å². The van der Waals surface area contributed by atoms with E-state index in [1.807, 2.05) is 13.0 Å². The molecule has 1 aromatic carbocycles. The summed E-state index contributed by atoms with van der Waals surface area (Å²) in [6.45, 7) is 6.16. The van der Waals surface area contributed by atoms with E-state index in [0.29, 0.717) is 12.1 Å². The molecule has 0 radical (unpaired) electrons. The number of hydrogen-bond acceptors (Lipinski definition) is 2. The summed E-state index contributed by atoms with van der Waals surface area (Å²) in [4.78, 5) is 0. The highest BCUT2D eigenvalue weighted by molar-refractivity contribution is 5.44. The Bertz CT molecular complexity index is 604. The number of halogens is 1. The molecule has 2 N–H and O–H groups in total. The van der Waals surface area contributed by atoms with Crippen molar-refractivity contribution >= 4 is 0 Å². The lowest BCUT2D eigenvalue weighted by atomic mass is 10.0. The molecule has 0 saturated heterocycles. The van der Waals surface area contributed by atoms with E-state index in [1.165, 1.54) is 6.07 Å². The van der Waals surface area contributed by atoms with E-state index < -0.39 is 0 Å². The van der Waals surface area contributed by atoms with E-state index in [-0.39, 0.29) is 11.9 Å². The molecule has 1 aromatic heterocycles. The molecule has 3 nitrogen and oxygen atoms in total. The van der Waals surface area contributed by atoms with Crippen LogP contribution in [0, 0.1) is 5.82 Å².